The summed E-state index contributed by atoms with van der Waals surface area (Å²) in [5.41, 5.74) is 3.70. The molecule has 0 amide bonds. The molecule has 1 heterocycles. The van der Waals surface area contributed by atoms with Crippen molar-refractivity contribution in [1.82, 2.24) is 9.55 Å². The van der Waals surface area contributed by atoms with Crippen LogP contribution in [0.3, 0.4) is 0 Å². The second-order valence-corrected chi connectivity index (χ2v) is 6.21. The van der Waals surface area contributed by atoms with Crippen LogP contribution >= 0.6 is 34.2 Å². The molecule has 0 N–H and O–H groups in total. The van der Waals surface area contributed by atoms with Crippen LogP contribution in [0.4, 0.5) is 4.39 Å². The Labute approximate surface area is 141 Å². The Morgan fingerprint density at radius 1 is 1.29 bits per heavy atom. The highest BCUT2D eigenvalue weighted by atomic mass is 127. The van der Waals surface area contributed by atoms with Crippen molar-refractivity contribution in [3.8, 4) is 5.69 Å². The topological polar surface area (TPSA) is 17.8 Å². The van der Waals surface area contributed by atoms with Crippen LogP contribution in [0.2, 0.25) is 0 Å². The van der Waals surface area contributed by atoms with Crippen LogP contribution in [-0.4, -0.2) is 9.55 Å². The van der Waals surface area contributed by atoms with Crippen LogP contribution in [0.5, 0.6) is 0 Å². The van der Waals surface area contributed by atoms with Crippen LogP contribution in [0.15, 0.2) is 36.4 Å². The number of aryl methyl sites for hydroxylation is 1. The predicted molar refractivity (Wildman–Crippen MR) is 92.7 cm³/mol. The Morgan fingerprint density at radius 3 is 2.81 bits per heavy atom. The van der Waals surface area contributed by atoms with E-state index in [9.17, 15) is 4.39 Å². The van der Waals surface area contributed by atoms with Crippen LogP contribution < -0.4 is 0 Å². The Kier molecular flexibility index (Phi) is 4.17. The molecule has 0 fully saturated rings. The maximum atomic E-state index is 13.9. The highest BCUT2D eigenvalue weighted by molar-refractivity contribution is 14.1. The molecule has 3 rings (SSSR count). The molecule has 0 saturated carbocycles. The van der Waals surface area contributed by atoms with Gasteiger partial charge in [-0.15, -0.1) is 11.6 Å². The molecular weight excluding hydrogens is 402 g/mol. The van der Waals surface area contributed by atoms with Crippen molar-refractivity contribution in [3.05, 3.63) is 57.2 Å². The van der Waals surface area contributed by atoms with E-state index in [-0.39, 0.29) is 11.7 Å². The van der Waals surface area contributed by atoms with E-state index in [0.29, 0.717) is 3.57 Å². The fraction of sp³-hybridized carbons (Fsp3) is 0.188. The van der Waals surface area contributed by atoms with Gasteiger partial charge in [-0.2, -0.15) is 0 Å². The fourth-order valence-corrected chi connectivity index (χ4v) is 3.05. The molecule has 108 valence electrons. The van der Waals surface area contributed by atoms with Gasteiger partial charge < -0.3 is 0 Å². The largest absolute Gasteiger partial charge is 0.295 e. The third-order valence-corrected chi connectivity index (χ3v) is 4.53. The SMILES string of the molecule is CCc1cccc(-n2c(CCl)nc3cc(I)c(F)cc32)c1. The van der Waals surface area contributed by atoms with E-state index in [2.05, 4.69) is 24.0 Å². The second-order valence-electron chi connectivity index (χ2n) is 4.78. The van der Waals surface area contributed by atoms with E-state index in [4.69, 9.17) is 11.6 Å². The first kappa shape index (κ1) is 14.8. The third kappa shape index (κ3) is 2.66. The molecule has 0 saturated heterocycles. The van der Waals surface area contributed by atoms with Crippen molar-refractivity contribution in [2.24, 2.45) is 0 Å². The van der Waals surface area contributed by atoms with Crippen molar-refractivity contribution in [2.75, 3.05) is 0 Å². The van der Waals surface area contributed by atoms with Crippen molar-refractivity contribution in [3.63, 3.8) is 0 Å². The maximum Gasteiger partial charge on any atom is 0.138 e. The minimum absolute atomic E-state index is 0.239. The molecule has 0 bridgehead atoms. The average molecular weight is 415 g/mol. The monoisotopic (exact) mass is 414 g/mol. The Balaban J connectivity index is 2.31. The van der Waals surface area contributed by atoms with Crippen molar-refractivity contribution in [2.45, 2.75) is 19.2 Å². The molecule has 5 heteroatoms. The number of benzene rings is 2. The van der Waals surface area contributed by atoms with Gasteiger partial charge in [0.05, 0.1) is 20.5 Å². The van der Waals surface area contributed by atoms with Crippen molar-refractivity contribution in [1.29, 1.82) is 0 Å². The maximum absolute atomic E-state index is 13.9. The van der Waals surface area contributed by atoms with Crippen molar-refractivity contribution < 1.29 is 4.39 Å². The Hall–Kier alpha value is -1.14. The molecule has 0 radical (unpaired) electrons. The van der Waals surface area contributed by atoms with E-state index < -0.39 is 0 Å². The lowest BCUT2D eigenvalue weighted by atomic mass is 10.1. The zero-order valence-corrected chi connectivity index (χ0v) is 14.3. The lowest BCUT2D eigenvalue weighted by Gasteiger charge is -2.09. The van der Waals surface area contributed by atoms with Crippen LogP contribution in [-0.2, 0) is 12.3 Å². The predicted octanol–water partition coefficient (Wildman–Crippen LogP) is 5.07. The number of fused-ring (bicyclic) bond motifs is 1. The first-order valence-electron chi connectivity index (χ1n) is 6.65. The van der Waals surface area contributed by atoms with E-state index in [1.807, 2.05) is 39.3 Å². The fourth-order valence-electron chi connectivity index (χ4n) is 2.42. The number of aromatic nitrogens is 2. The zero-order valence-electron chi connectivity index (χ0n) is 11.4. The van der Waals surface area contributed by atoms with Gasteiger partial charge in [0.15, 0.2) is 0 Å². The average Bonchev–Trinajstić information content (AvgIpc) is 2.85. The summed E-state index contributed by atoms with van der Waals surface area (Å²) in [5.74, 6) is 0.766. The van der Waals surface area contributed by atoms with E-state index >= 15 is 0 Å². The second kappa shape index (κ2) is 5.93. The molecule has 0 aliphatic heterocycles. The summed E-state index contributed by atoms with van der Waals surface area (Å²) in [6, 6.07) is 11.4. The van der Waals surface area contributed by atoms with Gasteiger partial charge in [0.25, 0.3) is 0 Å². The summed E-state index contributed by atoms with van der Waals surface area (Å²) in [6.07, 6.45) is 0.947. The van der Waals surface area contributed by atoms with Crippen LogP contribution in [0.1, 0.15) is 18.3 Å². The number of alkyl halides is 1. The first-order valence-corrected chi connectivity index (χ1v) is 8.27. The lowest BCUT2D eigenvalue weighted by Crippen LogP contribution is -2.00. The van der Waals surface area contributed by atoms with Gasteiger partial charge in [-0.1, -0.05) is 19.1 Å². The minimum atomic E-state index is -0.239. The quantitative estimate of drug-likeness (QED) is 0.432. The molecule has 21 heavy (non-hydrogen) atoms. The molecule has 2 nitrogen and oxygen atoms in total. The van der Waals surface area contributed by atoms with Crippen LogP contribution in [0, 0.1) is 9.39 Å². The smallest absolute Gasteiger partial charge is 0.138 e. The van der Waals surface area contributed by atoms with E-state index in [1.165, 1.54) is 11.6 Å². The summed E-state index contributed by atoms with van der Waals surface area (Å²) >= 11 is 8.00. The van der Waals surface area contributed by atoms with Gasteiger partial charge in [0.1, 0.15) is 11.6 Å². The highest BCUT2D eigenvalue weighted by Gasteiger charge is 2.14. The molecule has 0 aliphatic carbocycles. The third-order valence-electron chi connectivity index (χ3n) is 3.46. The Bertz CT molecular complexity index is 813. The van der Waals surface area contributed by atoms with Crippen molar-refractivity contribution >= 4 is 45.2 Å². The summed E-state index contributed by atoms with van der Waals surface area (Å²) in [5, 5.41) is 0. The van der Waals surface area contributed by atoms with Gasteiger partial charge in [0.2, 0.25) is 0 Å². The normalized spacial score (nSPS) is 11.2. The number of halogens is 3. The molecule has 1 aromatic heterocycles. The lowest BCUT2D eigenvalue weighted by molar-refractivity contribution is 0.622. The standard InChI is InChI=1S/C16H13ClFIN2/c1-2-10-4-3-5-11(6-10)21-15-7-12(18)13(19)8-14(15)20-16(21)9-17/h3-8H,2,9H2,1H3. The summed E-state index contributed by atoms with van der Waals surface area (Å²) < 4.78 is 16.4. The first-order chi connectivity index (χ1) is 10.1. The van der Waals surface area contributed by atoms with Crippen LogP contribution in [0.25, 0.3) is 16.7 Å². The molecule has 0 aliphatic rings. The zero-order chi connectivity index (χ0) is 15.0. The van der Waals surface area contributed by atoms with Gasteiger partial charge >= 0.3 is 0 Å². The number of imidazole rings is 1. The number of rotatable bonds is 3. The Morgan fingerprint density at radius 2 is 2.10 bits per heavy atom. The summed E-state index contributed by atoms with van der Waals surface area (Å²) in [4.78, 5) is 4.52. The number of nitrogens with zero attached hydrogens (tertiary/aromatic N) is 2. The molecular formula is C16H13ClFIN2. The van der Waals surface area contributed by atoms with Gasteiger partial charge in [-0.25, -0.2) is 9.37 Å². The molecule has 0 atom stereocenters. The van der Waals surface area contributed by atoms with Gasteiger partial charge in [-0.05, 0) is 52.8 Å². The molecule has 0 unspecified atom stereocenters. The molecule has 3 aromatic rings. The van der Waals surface area contributed by atoms with E-state index in [1.54, 1.807) is 6.07 Å². The highest BCUT2D eigenvalue weighted by Crippen LogP contribution is 2.26. The summed E-state index contributed by atoms with van der Waals surface area (Å²) in [7, 11) is 0. The molecule has 2 aromatic carbocycles. The minimum Gasteiger partial charge on any atom is -0.295 e. The van der Waals surface area contributed by atoms with E-state index in [0.717, 1.165) is 29.0 Å². The molecule has 0 spiro atoms. The number of hydrogen-bond acceptors (Lipinski definition) is 1. The van der Waals surface area contributed by atoms with Gasteiger partial charge in [0, 0.05) is 11.8 Å². The summed E-state index contributed by atoms with van der Waals surface area (Å²) in [6.45, 7) is 2.11. The van der Waals surface area contributed by atoms with Gasteiger partial charge in [-0.3, -0.25) is 4.57 Å². The number of hydrogen-bond donors (Lipinski definition) is 0.